The van der Waals surface area contributed by atoms with Gasteiger partial charge in [0.15, 0.2) is 0 Å². The Morgan fingerprint density at radius 2 is 2.25 bits per heavy atom. The van der Waals surface area contributed by atoms with E-state index in [9.17, 15) is 4.39 Å². The number of aromatic nitrogens is 2. The Morgan fingerprint density at radius 3 is 2.88 bits per heavy atom. The lowest BCUT2D eigenvalue weighted by atomic mass is 10.1. The molecule has 16 heavy (non-hydrogen) atoms. The maximum Gasteiger partial charge on any atom is 0.147 e. The van der Waals surface area contributed by atoms with Gasteiger partial charge in [0, 0.05) is 12.4 Å². The zero-order chi connectivity index (χ0) is 11.5. The van der Waals surface area contributed by atoms with Gasteiger partial charge in [0.2, 0.25) is 0 Å². The Bertz CT molecular complexity index is 491. The number of nitrogens with zero attached hydrogens (tertiary/aromatic N) is 2. The molecular formula is C12H14FN3. The van der Waals surface area contributed by atoms with Crippen LogP contribution in [-0.4, -0.2) is 16.1 Å². The van der Waals surface area contributed by atoms with E-state index in [1.807, 2.05) is 13.0 Å². The van der Waals surface area contributed by atoms with Crippen LogP contribution in [0, 0.1) is 12.7 Å². The van der Waals surface area contributed by atoms with E-state index < -0.39 is 0 Å². The molecule has 1 aromatic heterocycles. The van der Waals surface area contributed by atoms with Crippen molar-refractivity contribution in [2.45, 2.75) is 13.3 Å². The molecule has 2 rings (SSSR count). The van der Waals surface area contributed by atoms with Crippen LogP contribution in [-0.2, 0) is 6.42 Å². The second kappa shape index (κ2) is 4.45. The SMILES string of the molecule is Cc1nccn1-c1c(F)cccc1CCN. The number of nitrogens with two attached hydrogens (primary N) is 1. The van der Waals surface area contributed by atoms with Crippen molar-refractivity contribution in [2.24, 2.45) is 5.73 Å². The Morgan fingerprint density at radius 1 is 1.44 bits per heavy atom. The van der Waals surface area contributed by atoms with E-state index in [0.717, 1.165) is 11.4 Å². The van der Waals surface area contributed by atoms with Crippen LogP contribution in [0.25, 0.3) is 5.69 Å². The molecule has 0 aliphatic heterocycles. The standard InChI is InChI=1S/C12H14FN3/c1-9-15-7-8-16(9)12-10(5-6-14)3-2-4-11(12)13/h2-4,7-8H,5-6,14H2,1H3. The van der Waals surface area contributed by atoms with Gasteiger partial charge in [-0.15, -0.1) is 0 Å². The lowest BCUT2D eigenvalue weighted by Crippen LogP contribution is -2.09. The van der Waals surface area contributed by atoms with Crippen molar-refractivity contribution in [3.8, 4) is 5.69 Å². The summed E-state index contributed by atoms with van der Waals surface area (Å²) >= 11 is 0. The summed E-state index contributed by atoms with van der Waals surface area (Å²) in [7, 11) is 0. The zero-order valence-corrected chi connectivity index (χ0v) is 9.15. The molecule has 0 radical (unpaired) electrons. The molecule has 3 nitrogen and oxygen atoms in total. The molecule has 2 N–H and O–H groups in total. The van der Waals surface area contributed by atoms with Gasteiger partial charge in [0.25, 0.3) is 0 Å². The van der Waals surface area contributed by atoms with E-state index in [1.165, 1.54) is 6.07 Å². The molecule has 0 fully saturated rings. The average molecular weight is 219 g/mol. The number of hydrogen-bond donors (Lipinski definition) is 1. The minimum absolute atomic E-state index is 0.243. The predicted molar refractivity (Wildman–Crippen MR) is 61.0 cm³/mol. The lowest BCUT2D eigenvalue weighted by Gasteiger charge is -2.12. The fourth-order valence-corrected chi connectivity index (χ4v) is 1.80. The molecular weight excluding hydrogens is 205 g/mol. The molecule has 0 unspecified atom stereocenters. The highest BCUT2D eigenvalue weighted by Crippen LogP contribution is 2.20. The van der Waals surface area contributed by atoms with Crippen LogP contribution in [0.3, 0.4) is 0 Å². The fourth-order valence-electron chi connectivity index (χ4n) is 1.80. The van der Waals surface area contributed by atoms with Gasteiger partial charge in [-0.1, -0.05) is 12.1 Å². The van der Waals surface area contributed by atoms with E-state index in [4.69, 9.17) is 5.73 Å². The van der Waals surface area contributed by atoms with Crippen LogP contribution in [0.1, 0.15) is 11.4 Å². The largest absolute Gasteiger partial charge is 0.330 e. The summed E-state index contributed by atoms with van der Waals surface area (Å²) < 4.78 is 15.6. The monoisotopic (exact) mass is 219 g/mol. The average Bonchev–Trinajstić information content (AvgIpc) is 2.65. The van der Waals surface area contributed by atoms with Crippen LogP contribution in [0.2, 0.25) is 0 Å². The van der Waals surface area contributed by atoms with Crippen LogP contribution in [0.15, 0.2) is 30.6 Å². The first-order valence-electron chi connectivity index (χ1n) is 5.22. The van der Waals surface area contributed by atoms with Gasteiger partial charge in [-0.05, 0) is 31.5 Å². The van der Waals surface area contributed by atoms with E-state index >= 15 is 0 Å². The van der Waals surface area contributed by atoms with Crippen molar-refractivity contribution in [3.63, 3.8) is 0 Å². The molecule has 0 atom stereocenters. The normalized spacial score (nSPS) is 10.7. The molecule has 0 aliphatic rings. The molecule has 1 aromatic carbocycles. The Kier molecular flexibility index (Phi) is 3.01. The van der Waals surface area contributed by atoms with Gasteiger partial charge in [-0.25, -0.2) is 9.37 Å². The summed E-state index contributed by atoms with van der Waals surface area (Å²) in [6.45, 7) is 2.35. The predicted octanol–water partition coefficient (Wildman–Crippen LogP) is 1.82. The van der Waals surface area contributed by atoms with Gasteiger partial charge in [-0.3, -0.25) is 0 Å². The highest BCUT2D eigenvalue weighted by atomic mass is 19.1. The van der Waals surface area contributed by atoms with E-state index in [1.54, 1.807) is 23.0 Å². The first-order chi connectivity index (χ1) is 7.74. The molecule has 4 heteroatoms. The molecule has 0 saturated heterocycles. The summed E-state index contributed by atoms with van der Waals surface area (Å²) in [5.41, 5.74) is 6.99. The number of para-hydroxylation sites is 1. The smallest absolute Gasteiger partial charge is 0.147 e. The zero-order valence-electron chi connectivity index (χ0n) is 9.15. The van der Waals surface area contributed by atoms with E-state index in [0.29, 0.717) is 18.7 Å². The number of benzene rings is 1. The van der Waals surface area contributed by atoms with Crippen molar-refractivity contribution in [1.82, 2.24) is 9.55 Å². The minimum Gasteiger partial charge on any atom is -0.330 e. The third-order valence-electron chi connectivity index (χ3n) is 2.55. The van der Waals surface area contributed by atoms with Crippen molar-refractivity contribution in [1.29, 1.82) is 0 Å². The van der Waals surface area contributed by atoms with Gasteiger partial charge in [-0.2, -0.15) is 0 Å². The maximum absolute atomic E-state index is 13.8. The molecule has 0 amide bonds. The molecule has 84 valence electrons. The summed E-state index contributed by atoms with van der Waals surface area (Å²) in [5.74, 6) is 0.524. The molecule has 1 heterocycles. The molecule has 0 saturated carbocycles. The number of halogens is 1. The lowest BCUT2D eigenvalue weighted by molar-refractivity contribution is 0.613. The summed E-state index contributed by atoms with van der Waals surface area (Å²) in [6, 6.07) is 5.05. The third kappa shape index (κ3) is 1.84. The molecule has 2 aromatic rings. The molecule has 0 bridgehead atoms. The van der Waals surface area contributed by atoms with Gasteiger partial charge >= 0.3 is 0 Å². The highest BCUT2D eigenvalue weighted by molar-refractivity contribution is 5.43. The Labute approximate surface area is 93.7 Å². The quantitative estimate of drug-likeness (QED) is 0.855. The van der Waals surface area contributed by atoms with Crippen LogP contribution < -0.4 is 5.73 Å². The van der Waals surface area contributed by atoms with E-state index in [2.05, 4.69) is 4.98 Å². The van der Waals surface area contributed by atoms with Gasteiger partial charge in [0.1, 0.15) is 11.6 Å². The van der Waals surface area contributed by atoms with E-state index in [-0.39, 0.29) is 5.82 Å². The fraction of sp³-hybridized carbons (Fsp3) is 0.250. The molecule has 0 spiro atoms. The number of rotatable bonds is 3. The highest BCUT2D eigenvalue weighted by Gasteiger charge is 2.11. The van der Waals surface area contributed by atoms with Crippen molar-refractivity contribution >= 4 is 0 Å². The first kappa shape index (κ1) is 10.8. The second-order valence-corrected chi connectivity index (χ2v) is 3.63. The van der Waals surface area contributed by atoms with Crippen molar-refractivity contribution in [2.75, 3.05) is 6.54 Å². The number of aryl methyl sites for hydroxylation is 1. The topological polar surface area (TPSA) is 43.8 Å². The Balaban J connectivity index is 2.58. The first-order valence-corrected chi connectivity index (χ1v) is 5.22. The maximum atomic E-state index is 13.8. The number of imidazole rings is 1. The number of hydrogen-bond acceptors (Lipinski definition) is 2. The second-order valence-electron chi connectivity index (χ2n) is 3.63. The van der Waals surface area contributed by atoms with Gasteiger partial charge in [0.05, 0.1) is 5.69 Å². The Hall–Kier alpha value is -1.68. The summed E-state index contributed by atoms with van der Waals surface area (Å²) in [4.78, 5) is 4.10. The summed E-state index contributed by atoms with van der Waals surface area (Å²) in [5, 5.41) is 0. The van der Waals surface area contributed by atoms with Gasteiger partial charge < -0.3 is 10.3 Å². The van der Waals surface area contributed by atoms with Crippen molar-refractivity contribution in [3.05, 3.63) is 47.8 Å². The van der Waals surface area contributed by atoms with Crippen molar-refractivity contribution < 1.29 is 4.39 Å². The van der Waals surface area contributed by atoms with Crippen LogP contribution in [0.4, 0.5) is 4.39 Å². The van der Waals surface area contributed by atoms with Crippen LogP contribution >= 0.6 is 0 Å². The minimum atomic E-state index is -0.243. The summed E-state index contributed by atoms with van der Waals surface area (Å²) in [6.07, 6.45) is 4.08. The molecule has 0 aliphatic carbocycles. The van der Waals surface area contributed by atoms with Crippen LogP contribution in [0.5, 0.6) is 0 Å². The third-order valence-corrected chi connectivity index (χ3v) is 2.55.